The highest BCUT2D eigenvalue weighted by molar-refractivity contribution is 8.15. The van der Waals surface area contributed by atoms with Crippen LogP contribution in [0.15, 0.2) is 88.8 Å². The molecule has 3 aromatic carbocycles. The SMILES string of the molecule is COc1cc(C=NNC(=O)Cn2nc(-c3ccccc3)n(-c3ccccc3)c2=O)ccc1OC(=O)CC1SC(=O)NC1=O. The Morgan fingerprint density at radius 1 is 1.02 bits per heavy atom. The molecule has 1 aromatic heterocycles. The van der Waals surface area contributed by atoms with E-state index in [2.05, 4.69) is 20.9 Å². The Morgan fingerprint density at radius 3 is 2.42 bits per heavy atom. The Morgan fingerprint density at radius 2 is 1.74 bits per heavy atom. The lowest BCUT2D eigenvalue weighted by molar-refractivity contribution is -0.136. The van der Waals surface area contributed by atoms with E-state index in [1.807, 2.05) is 36.4 Å². The van der Waals surface area contributed by atoms with Gasteiger partial charge in [-0.2, -0.15) is 5.10 Å². The number of hydrogen-bond donors (Lipinski definition) is 2. The number of benzene rings is 3. The lowest BCUT2D eigenvalue weighted by Crippen LogP contribution is -2.31. The second-order valence-corrected chi connectivity index (χ2v) is 10.2. The number of amides is 3. The van der Waals surface area contributed by atoms with Gasteiger partial charge in [0.05, 0.1) is 25.4 Å². The summed E-state index contributed by atoms with van der Waals surface area (Å²) in [5, 5.41) is 9.11. The van der Waals surface area contributed by atoms with Crippen LogP contribution in [0.1, 0.15) is 12.0 Å². The zero-order chi connectivity index (χ0) is 30.3. The van der Waals surface area contributed by atoms with Crippen LogP contribution in [0, 0.1) is 0 Å². The van der Waals surface area contributed by atoms with Crippen LogP contribution in [0.5, 0.6) is 11.5 Å². The van der Waals surface area contributed by atoms with Crippen molar-refractivity contribution >= 4 is 41.0 Å². The fraction of sp³-hybridized carbons (Fsp3) is 0.138. The van der Waals surface area contributed by atoms with Crippen LogP contribution in [0.2, 0.25) is 0 Å². The third-order valence-electron chi connectivity index (χ3n) is 6.11. The molecule has 1 aliphatic heterocycles. The Labute approximate surface area is 248 Å². The fourth-order valence-corrected chi connectivity index (χ4v) is 4.94. The summed E-state index contributed by atoms with van der Waals surface area (Å²) in [6.07, 6.45) is 1.05. The number of hydrazone groups is 1. The third-order valence-corrected chi connectivity index (χ3v) is 7.09. The van der Waals surface area contributed by atoms with Gasteiger partial charge in [-0.05, 0) is 35.9 Å². The maximum absolute atomic E-state index is 13.3. The predicted molar refractivity (Wildman–Crippen MR) is 157 cm³/mol. The Kier molecular flexibility index (Phi) is 8.77. The number of hydrogen-bond acceptors (Lipinski definition) is 10. The number of nitrogens with one attached hydrogen (secondary N) is 2. The number of methoxy groups -OCH3 is 1. The molecule has 1 aliphatic rings. The van der Waals surface area contributed by atoms with Crippen molar-refractivity contribution in [2.24, 2.45) is 5.10 Å². The van der Waals surface area contributed by atoms with E-state index in [9.17, 15) is 24.0 Å². The first kappa shape index (κ1) is 29.0. The van der Waals surface area contributed by atoms with Crippen LogP contribution < -0.4 is 25.9 Å². The summed E-state index contributed by atoms with van der Waals surface area (Å²) in [6, 6.07) is 22.7. The maximum atomic E-state index is 13.3. The molecule has 1 atom stereocenters. The van der Waals surface area contributed by atoms with Crippen molar-refractivity contribution in [3.63, 3.8) is 0 Å². The van der Waals surface area contributed by atoms with Crippen molar-refractivity contribution in [3.05, 3.63) is 94.9 Å². The number of thioether (sulfide) groups is 1. The van der Waals surface area contributed by atoms with Crippen LogP contribution in [0.3, 0.4) is 0 Å². The Hall–Kier alpha value is -5.50. The number of esters is 1. The van der Waals surface area contributed by atoms with E-state index >= 15 is 0 Å². The van der Waals surface area contributed by atoms with Crippen molar-refractivity contribution in [2.75, 3.05) is 7.11 Å². The Balaban J connectivity index is 1.24. The molecule has 0 aliphatic carbocycles. The summed E-state index contributed by atoms with van der Waals surface area (Å²) in [5.41, 5.74) is 3.71. The molecule has 13 nitrogen and oxygen atoms in total. The number of carbonyl (C=O) groups is 4. The molecule has 0 radical (unpaired) electrons. The summed E-state index contributed by atoms with van der Waals surface area (Å²) in [4.78, 5) is 61.2. The minimum absolute atomic E-state index is 0.103. The highest BCUT2D eigenvalue weighted by Gasteiger charge is 2.34. The number of aromatic nitrogens is 3. The van der Waals surface area contributed by atoms with Gasteiger partial charge in [-0.15, -0.1) is 5.10 Å². The average Bonchev–Trinajstić information content (AvgIpc) is 3.50. The molecule has 218 valence electrons. The first-order valence-electron chi connectivity index (χ1n) is 12.8. The minimum Gasteiger partial charge on any atom is -0.493 e. The summed E-state index contributed by atoms with van der Waals surface area (Å²) in [6.45, 7) is -0.378. The molecule has 4 aromatic rings. The monoisotopic (exact) mass is 600 g/mol. The highest BCUT2D eigenvalue weighted by Crippen LogP contribution is 2.29. The molecule has 1 saturated heterocycles. The average molecular weight is 601 g/mol. The highest BCUT2D eigenvalue weighted by atomic mass is 32.2. The van der Waals surface area contributed by atoms with E-state index in [4.69, 9.17) is 9.47 Å². The number of para-hydroxylation sites is 1. The minimum atomic E-state index is -0.853. The van der Waals surface area contributed by atoms with Crippen molar-refractivity contribution in [3.8, 4) is 28.6 Å². The third kappa shape index (κ3) is 6.87. The summed E-state index contributed by atoms with van der Waals surface area (Å²) in [5.74, 6) is -1.14. The number of carbonyl (C=O) groups excluding carboxylic acids is 4. The molecule has 5 rings (SSSR count). The molecule has 0 spiro atoms. The molecule has 2 heterocycles. The van der Waals surface area contributed by atoms with Crippen molar-refractivity contribution < 1.29 is 28.7 Å². The zero-order valence-corrected chi connectivity index (χ0v) is 23.4. The predicted octanol–water partition coefficient (Wildman–Crippen LogP) is 2.51. The largest absolute Gasteiger partial charge is 0.493 e. The standard InChI is InChI=1S/C29H24N6O7S/c1-41-22-14-18(12-13-21(22)42-25(37)15-23-27(38)31-28(39)43-23)16-30-32-24(36)17-34-29(40)35(20-10-6-3-7-11-20)26(33-34)19-8-4-2-5-9-19/h2-14,16,23H,15,17H2,1H3,(H,32,36)(H,31,38,39). The van der Waals surface area contributed by atoms with Gasteiger partial charge in [-0.3, -0.25) is 24.5 Å². The molecular weight excluding hydrogens is 576 g/mol. The fourth-order valence-electron chi connectivity index (χ4n) is 4.14. The van der Waals surface area contributed by atoms with Gasteiger partial charge in [0.1, 0.15) is 11.8 Å². The van der Waals surface area contributed by atoms with E-state index in [1.165, 1.54) is 30.0 Å². The van der Waals surface area contributed by atoms with Crippen LogP contribution in [-0.2, 0) is 20.9 Å². The molecule has 43 heavy (non-hydrogen) atoms. The number of rotatable bonds is 10. The molecule has 0 saturated carbocycles. The lowest BCUT2D eigenvalue weighted by atomic mass is 10.2. The zero-order valence-electron chi connectivity index (χ0n) is 22.6. The topological polar surface area (TPSA) is 163 Å². The molecule has 14 heteroatoms. The maximum Gasteiger partial charge on any atom is 0.351 e. The number of imide groups is 1. The van der Waals surface area contributed by atoms with Crippen LogP contribution in [0.4, 0.5) is 4.79 Å². The molecule has 3 amide bonds. The van der Waals surface area contributed by atoms with Crippen LogP contribution in [0.25, 0.3) is 17.1 Å². The first-order valence-corrected chi connectivity index (χ1v) is 13.7. The second kappa shape index (κ2) is 13.0. The van der Waals surface area contributed by atoms with E-state index in [1.54, 1.807) is 30.3 Å². The molecule has 1 fully saturated rings. The van der Waals surface area contributed by atoms with Crippen LogP contribution >= 0.6 is 11.8 Å². The molecule has 2 N–H and O–H groups in total. The van der Waals surface area contributed by atoms with Crippen molar-refractivity contribution in [1.82, 2.24) is 25.1 Å². The summed E-state index contributed by atoms with van der Waals surface area (Å²) in [7, 11) is 1.38. The molecule has 1 unspecified atom stereocenters. The van der Waals surface area contributed by atoms with Crippen molar-refractivity contribution in [2.45, 2.75) is 18.2 Å². The number of nitrogens with zero attached hydrogens (tertiary/aromatic N) is 4. The van der Waals surface area contributed by atoms with E-state index in [0.29, 0.717) is 22.6 Å². The molecular formula is C29H24N6O7S. The van der Waals surface area contributed by atoms with Gasteiger partial charge in [0.2, 0.25) is 5.91 Å². The van der Waals surface area contributed by atoms with E-state index < -0.39 is 34.0 Å². The Bertz CT molecular complexity index is 1770. The van der Waals surface area contributed by atoms with E-state index in [-0.39, 0.29) is 24.5 Å². The number of ether oxygens (including phenoxy) is 2. The van der Waals surface area contributed by atoms with Gasteiger partial charge >= 0.3 is 11.7 Å². The smallest absolute Gasteiger partial charge is 0.351 e. The normalized spacial score (nSPS) is 14.5. The quantitative estimate of drug-likeness (QED) is 0.121. The van der Waals surface area contributed by atoms with Gasteiger partial charge in [0.25, 0.3) is 11.1 Å². The van der Waals surface area contributed by atoms with Crippen LogP contribution in [-0.4, -0.2) is 55.9 Å². The summed E-state index contributed by atoms with van der Waals surface area (Å²) < 4.78 is 13.1. The first-order chi connectivity index (χ1) is 20.8. The van der Waals surface area contributed by atoms with E-state index in [0.717, 1.165) is 16.4 Å². The van der Waals surface area contributed by atoms with Gasteiger partial charge in [0, 0.05) is 5.56 Å². The second-order valence-electron chi connectivity index (χ2n) is 9.07. The van der Waals surface area contributed by atoms with Gasteiger partial charge in [-0.1, -0.05) is 60.3 Å². The van der Waals surface area contributed by atoms with Gasteiger partial charge in [0.15, 0.2) is 17.3 Å². The van der Waals surface area contributed by atoms with Gasteiger partial charge < -0.3 is 9.47 Å². The van der Waals surface area contributed by atoms with Gasteiger partial charge in [-0.25, -0.2) is 19.5 Å². The van der Waals surface area contributed by atoms with Crippen molar-refractivity contribution in [1.29, 1.82) is 0 Å². The summed E-state index contributed by atoms with van der Waals surface area (Å²) >= 11 is 0.730. The molecule has 0 bridgehead atoms. The lowest BCUT2D eigenvalue weighted by Gasteiger charge is -2.10.